The number of hydrogen-bond donors (Lipinski definition) is 1. The van der Waals surface area contributed by atoms with Crippen molar-refractivity contribution in [2.24, 2.45) is 5.73 Å². The molecule has 0 aliphatic rings. The van der Waals surface area contributed by atoms with Gasteiger partial charge in [-0.2, -0.15) is 0 Å². The smallest absolute Gasteiger partial charge is 0.283 e. The van der Waals surface area contributed by atoms with Gasteiger partial charge < -0.3 is 5.73 Å². The summed E-state index contributed by atoms with van der Waals surface area (Å²) in [5, 5.41) is 0. The third-order valence-corrected chi connectivity index (χ3v) is 2.65. The molecule has 1 heterocycles. The van der Waals surface area contributed by atoms with E-state index in [9.17, 15) is 13.2 Å². The molecule has 0 fully saturated rings. The van der Waals surface area contributed by atoms with Crippen LogP contribution in [0.3, 0.4) is 0 Å². The average molecular weight is 302 g/mol. The molecule has 0 aliphatic heterocycles. The molecule has 0 bridgehead atoms. The lowest BCUT2D eigenvalue weighted by atomic mass is 10.2. The molecular formula is C7H6F3IN2. The van der Waals surface area contributed by atoms with Crippen molar-refractivity contribution >= 4 is 22.6 Å². The zero-order valence-corrected chi connectivity index (χ0v) is 8.56. The number of alkyl halides is 2. The van der Waals surface area contributed by atoms with E-state index in [1.807, 2.05) is 0 Å². The molecule has 6 heteroatoms. The molecule has 0 saturated carbocycles. The number of rotatable bonds is 2. The zero-order chi connectivity index (χ0) is 10.0. The van der Waals surface area contributed by atoms with Crippen LogP contribution in [0.2, 0.25) is 0 Å². The SMILES string of the molecule is NCc1cnc(C(F)F)c(F)c1I. The second kappa shape index (κ2) is 4.23. The fraction of sp³-hybridized carbons (Fsp3) is 0.286. The summed E-state index contributed by atoms with van der Waals surface area (Å²) in [6, 6.07) is 0. The van der Waals surface area contributed by atoms with Gasteiger partial charge in [0.1, 0.15) is 5.69 Å². The maximum absolute atomic E-state index is 13.1. The van der Waals surface area contributed by atoms with Gasteiger partial charge in [-0.3, -0.25) is 4.98 Å². The summed E-state index contributed by atoms with van der Waals surface area (Å²) in [5.74, 6) is -0.974. The standard InChI is InChI=1S/C7H6F3IN2/c8-4-5(11)3(1-12)2-13-6(4)7(9)10/h2,7H,1,12H2. The Morgan fingerprint density at radius 3 is 2.62 bits per heavy atom. The normalized spacial score (nSPS) is 10.9. The minimum Gasteiger partial charge on any atom is -0.326 e. The van der Waals surface area contributed by atoms with Crippen molar-refractivity contribution in [1.82, 2.24) is 4.98 Å². The minimum atomic E-state index is -2.89. The van der Waals surface area contributed by atoms with Gasteiger partial charge in [0.05, 0.1) is 3.57 Å². The first-order chi connectivity index (χ1) is 6.07. The van der Waals surface area contributed by atoms with E-state index >= 15 is 0 Å². The van der Waals surface area contributed by atoms with Crippen LogP contribution < -0.4 is 5.73 Å². The first-order valence-corrected chi connectivity index (χ1v) is 4.46. The van der Waals surface area contributed by atoms with Gasteiger partial charge in [0, 0.05) is 18.3 Å². The molecule has 1 rings (SSSR count). The Hall–Kier alpha value is -0.370. The van der Waals surface area contributed by atoms with Crippen molar-refractivity contribution in [3.63, 3.8) is 0 Å². The second-order valence-corrected chi connectivity index (χ2v) is 3.38. The summed E-state index contributed by atoms with van der Waals surface area (Å²) < 4.78 is 37.4. The third-order valence-electron chi connectivity index (χ3n) is 1.49. The van der Waals surface area contributed by atoms with E-state index in [0.717, 1.165) is 0 Å². The Kier molecular flexibility index (Phi) is 3.48. The van der Waals surface area contributed by atoms with Crippen LogP contribution in [-0.2, 0) is 6.54 Å². The molecule has 0 unspecified atom stereocenters. The number of pyridine rings is 1. The summed E-state index contributed by atoms with van der Waals surface area (Å²) in [6.07, 6.45) is -1.72. The molecule has 0 amide bonds. The van der Waals surface area contributed by atoms with E-state index in [2.05, 4.69) is 4.98 Å². The molecular weight excluding hydrogens is 296 g/mol. The fourth-order valence-corrected chi connectivity index (χ4v) is 1.44. The van der Waals surface area contributed by atoms with Crippen LogP contribution in [0.5, 0.6) is 0 Å². The van der Waals surface area contributed by atoms with Crippen LogP contribution in [0.1, 0.15) is 17.7 Å². The average Bonchev–Trinajstić information content (AvgIpc) is 2.09. The number of nitrogens with zero attached hydrogens (tertiary/aromatic N) is 1. The quantitative estimate of drug-likeness (QED) is 0.851. The molecule has 0 saturated heterocycles. The van der Waals surface area contributed by atoms with Crippen molar-refractivity contribution in [3.05, 3.63) is 26.8 Å². The molecule has 72 valence electrons. The van der Waals surface area contributed by atoms with Gasteiger partial charge in [-0.1, -0.05) is 0 Å². The van der Waals surface area contributed by atoms with E-state index < -0.39 is 17.9 Å². The highest BCUT2D eigenvalue weighted by Gasteiger charge is 2.18. The minimum absolute atomic E-state index is 0.0890. The topological polar surface area (TPSA) is 38.9 Å². The highest BCUT2D eigenvalue weighted by molar-refractivity contribution is 14.1. The molecule has 1 aromatic rings. The summed E-state index contributed by atoms with van der Waals surface area (Å²) in [4.78, 5) is 3.30. The zero-order valence-electron chi connectivity index (χ0n) is 6.40. The van der Waals surface area contributed by atoms with E-state index in [-0.39, 0.29) is 10.1 Å². The summed E-state index contributed by atoms with van der Waals surface area (Å²) in [7, 11) is 0. The molecule has 2 nitrogen and oxygen atoms in total. The van der Waals surface area contributed by atoms with Gasteiger partial charge in [-0.05, 0) is 22.6 Å². The van der Waals surface area contributed by atoms with Crippen LogP contribution in [0.25, 0.3) is 0 Å². The summed E-state index contributed by atoms with van der Waals surface area (Å²) >= 11 is 1.64. The van der Waals surface area contributed by atoms with Crippen molar-refractivity contribution in [1.29, 1.82) is 0 Å². The molecule has 1 aromatic heterocycles. The van der Waals surface area contributed by atoms with Gasteiger partial charge in [0.15, 0.2) is 5.82 Å². The van der Waals surface area contributed by atoms with Crippen LogP contribution in [0, 0.1) is 9.39 Å². The lowest BCUT2D eigenvalue weighted by Gasteiger charge is -2.05. The van der Waals surface area contributed by atoms with Gasteiger partial charge in [0.25, 0.3) is 6.43 Å². The molecule has 0 spiro atoms. The van der Waals surface area contributed by atoms with Crippen molar-refractivity contribution in [2.45, 2.75) is 13.0 Å². The monoisotopic (exact) mass is 302 g/mol. The number of aromatic nitrogens is 1. The molecule has 0 aromatic carbocycles. The first-order valence-electron chi connectivity index (χ1n) is 3.39. The Morgan fingerprint density at radius 1 is 1.54 bits per heavy atom. The molecule has 13 heavy (non-hydrogen) atoms. The molecule has 0 atom stereocenters. The van der Waals surface area contributed by atoms with Crippen molar-refractivity contribution < 1.29 is 13.2 Å². The number of hydrogen-bond acceptors (Lipinski definition) is 2. The van der Waals surface area contributed by atoms with Crippen molar-refractivity contribution in [3.8, 4) is 0 Å². The largest absolute Gasteiger partial charge is 0.326 e. The Labute approximate surface area is 86.5 Å². The predicted octanol–water partition coefficient (Wildman–Crippen LogP) is 2.22. The Bertz CT molecular complexity index is 317. The fourth-order valence-electron chi connectivity index (χ4n) is 0.809. The van der Waals surface area contributed by atoms with E-state index in [1.165, 1.54) is 6.20 Å². The van der Waals surface area contributed by atoms with Crippen LogP contribution in [0.15, 0.2) is 6.20 Å². The summed E-state index contributed by atoms with van der Waals surface area (Å²) in [6.45, 7) is 0.0890. The van der Waals surface area contributed by atoms with E-state index in [4.69, 9.17) is 5.73 Å². The highest BCUT2D eigenvalue weighted by atomic mass is 127. The maximum atomic E-state index is 13.1. The predicted molar refractivity (Wildman–Crippen MR) is 49.8 cm³/mol. The lowest BCUT2D eigenvalue weighted by Crippen LogP contribution is -2.06. The number of halogens is 4. The first kappa shape index (κ1) is 10.7. The lowest BCUT2D eigenvalue weighted by molar-refractivity contribution is 0.140. The molecule has 0 aliphatic carbocycles. The van der Waals surface area contributed by atoms with Crippen molar-refractivity contribution in [2.75, 3.05) is 0 Å². The van der Waals surface area contributed by atoms with Crippen LogP contribution in [-0.4, -0.2) is 4.98 Å². The van der Waals surface area contributed by atoms with Crippen LogP contribution >= 0.6 is 22.6 Å². The Morgan fingerprint density at radius 2 is 2.15 bits per heavy atom. The second-order valence-electron chi connectivity index (χ2n) is 2.30. The van der Waals surface area contributed by atoms with Gasteiger partial charge in [-0.25, -0.2) is 13.2 Å². The van der Waals surface area contributed by atoms with Gasteiger partial charge >= 0.3 is 0 Å². The van der Waals surface area contributed by atoms with Gasteiger partial charge in [-0.15, -0.1) is 0 Å². The third kappa shape index (κ3) is 2.11. The molecule has 2 N–H and O–H groups in total. The molecule has 0 radical (unpaired) electrons. The highest BCUT2D eigenvalue weighted by Crippen LogP contribution is 2.24. The summed E-state index contributed by atoms with van der Waals surface area (Å²) in [5.41, 5.74) is 4.86. The number of nitrogens with two attached hydrogens (primary N) is 1. The van der Waals surface area contributed by atoms with E-state index in [0.29, 0.717) is 5.56 Å². The van der Waals surface area contributed by atoms with Crippen LogP contribution in [0.4, 0.5) is 13.2 Å². The van der Waals surface area contributed by atoms with E-state index in [1.54, 1.807) is 22.6 Å². The maximum Gasteiger partial charge on any atom is 0.283 e. The Balaban J connectivity index is 3.23. The van der Waals surface area contributed by atoms with Gasteiger partial charge in [0.2, 0.25) is 0 Å².